The first-order valence-electron chi connectivity index (χ1n) is 8.79. The van der Waals surface area contributed by atoms with Gasteiger partial charge in [0.1, 0.15) is 6.10 Å². The summed E-state index contributed by atoms with van der Waals surface area (Å²) in [6.07, 6.45) is 4.75. The molecule has 28 heavy (non-hydrogen) atoms. The fourth-order valence-electron chi connectivity index (χ4n) is 3.12. The summed E-state index contributed by atoms with van der Waals surface area (Å²) in [5.41, 5.74) is 0.468. The van der Waals surface area contributed by atoms with Crippen LogP contribution in [0.25, 0.3) is 0 Å². The largest absolute Gasteiger partial charge is 0.493 e. The van der Waals surface area contributed by atoms with Gasteiger partial charge in [0.05, 0.1) is 32.3 Å². The molecule has 150 valence electrons. The minimum Gasteiger partial charge on any atom is -0.493 e. The molecule has 0 saturated carbocycles. The molecule has 1 saturated heterocycles. The summed E-state index contributed by atoms with van der Waals surface area (Å²) in [5.74, 6) is 1.22. The zero-order valence-corrected chi connectivity index (χ0v) is 17.6. The second-order valence-corrected chi connectivity index (χ2v) is 7.15. The number of halogens is 1. The average Bonchev–Trinajstić information content (AvgIpc) is 2.73. The Morgan fingerprint density at radius 2 is 1.75 bits per heavy atom. The van der Waals surface area contributed by atoms with Crippen LogP contribution in [-0.4, -0.2) is 61.3 Å². The predicted octanol–water partition coefficient (Wildman–Crippen LogP) is 2.95. The number of carbonyl (C=O) groups excluding carboxylic acids is 1. The maximum absolute atomic E-state index is 13.1. The number of likely N-dealkylation sites (tertiary alicyclic amines) is 1. The van der Waals surface area contributed by atoms with Crippen LogP contribution in [0.5, 0.6) is 23.3 Å². The molecule has 0 N–H and O–H groups in total. The molecule has 1 amide bonds. The van der Waals surface area contributed by atoms with E-state index >= 15 is 0 Å². The summed E-state index contributed by atoms with van der Waals surface area (Å²) in [5, 5.41) is 0. The predicted molar refractivity (Wildman–Crippen MR) is 105 cm³/mol. The molecule has 9 heteroatoms. The van der Waals surface area contributed by atoms with Crippen LogP contribution in [0, 0.1) is 0 Å². The maximum Gasteiger partial charge on any atom is 0.316 e. The quantitative estimate of drug-likeness (QED) is 0.667. The lowest BCUT2D eigenvalue weighted by molar-refractivity contribution is 0.0515. The Kier molecular flexibility index (Phi) is 6.56. The van der Waals surface area contributed by atoms with Gasteiger partial charge in [0, 0.05) is 24.5 Å². The SMILES string of the molecule is COc1cc(C(=O)N2CCCC(Oc3ncc(Br)cn3)C2)cc(OC)c1OC. The molecule has 1 fully saturated rings. The highest BCUT2D eigenvalue weighted by Crippen LogP contribution is 2.38. The minimum absolute atomic E-state index is 0.121. The highest BCUT2D eigenvalue weighted by atomic mass is 79.9. The van der Waals surface area contributed by atoms with Gasteiger partial charge in [0.15, 0.2) is 11.5 Å². The van der Waals surface area contributed by atoms with Gasteiger partial charge < -0.3 is 23.8 Å². The van der Waals surface area contributed by atoms with E-state index in [1.54, 1.807) is 29.4 Å². The van der Waals surface area contributed by atoms with Gasteiger partial charge in [-0.3, -0.25) is 4.79 Å². The van der Waals surface area contributed by atoms with E-state index in [-0.39, 0.29) is 12.0 Å². The standard InChI is InChI=1S/C19H22BrN3O5/c1-25-15-7-12(8-16(26-2)17(15)27-3)18(24)23-6-4-5-14(11-23)28-19-21-9-13(20)10-22-19/h7-10,14H,4-6,11H2,1-3H3. The second kappa shape index (κ2) is 9.09. The first-order chi connectivity index (χ1) is 13.5. The Balaban J connectivity index is 1.75. The molecule has 1 aromatic heterocycles. The first kappa shape index (κ1) is 20.2. The smallest absolute Gasteiger partial charge is 0.316 e. The van der Waals surface area contributed by atoms with Crippen LogP contribution in [0.3, 0.4) is 0 Å². The molecule has 1 atom stereocenters. The van der Waals surface area contributed by atoms with E-state index < -0.39 is 0 Å². The lowest BCUT2D eigenvalue weighted by Gasteiger charge is -2.32. The lowest BCUT2D eigenvalue weighted by Crippen LogP contribution is -2.44. The van der Waals surface area contributed by atoms with Crippen molar-refractivity contribution in [2.75, 3.05) is 34.4 Å². The van der Waals surface area contributed by atoms with Gasteiger partial charge in [-0.15, -0.1) is 0 Å². The van der Waals surface area contributed by atoms with Gasteiger partial charge in [-0.2, -0.15) is 0 Å². The van der Waals surface area contributed by atoms with Gasteiger partial charge in [-0.05, 0) is 40.9 Å². The number of nitrogens with zero attached hydrogens (tertiary/aromatic N) is 3. The van der Waals surface area contributed by atoms with Crippen LogP contribution in [0.1, 0.15) is 23.2 Å². The normalized spacial score (nSPS) is 16.4. The van der Waals surface area contributed by atoms with Crippen molar-refractivity contribution in [1.82, 2.24) is 14.9 Å². The third kappa shape index (κ3) is 4.46. The molecule has 3 rings (SSSR count). The molecule has 0 bridgehead atoms. The molecule has 2 aromatic rings. The molecule has 1 unspecified atom stereocenters. The number of benzene rings is 1. The molecular weight excluding hydrogens is 430 g/mol. The highest BCUT2D eigenvalue weighted by Gasteiger charge is 2.28. The van der Waals surface area contributed by atoms with E-state index in [1.165, 1.54) is 21.3 Å². The zero-order valence-electron chi connectivity index (χ0n) is 16.0. The Morgan fingerprint density at radius 3 is 2.32 bits per heavy atom. The van der Waals surface area contributed by atoms with Crippen molar-refractivity contribution < 1.29 is 23.7 Å². The van der Waals surface area contributed by atoms with Crippen LogP contribution in [0.2, 0.25) is 0 Å². The third-order valence-corrected chi connectivity index (χ3v) is 4.86. The van der Waals surface area contributed by atoms with Gasteiger partial charge in [-0.1, -0.05) is 0 Å². The molecule has 0 radical (unpaired) electrons. The monoisotopic (exact) mass is 451 g/mol. The molecule has 0 aliphatic carbocycles. The van der Waals surface area contributed by atoms with Crippen LogP contribution in [0.15, 0.2) is 29.0 Å². The average molecular weight is 452 g/mol. The van der Waals surface area contributed by atoms with E-state index in [0.717, 1.165) is 17.3 Å². The summed E-state index contributed by atoms with van der Waals surface area (Å²) < 4.78 is 22.6. The number of ether oxygens (including phenoxy) is 4. The van der Waals surface area contributed by atoms with Crippen molar-refractivity contribution in [2.24, 2.45) is 0 Å². The van der Waals surface area contributed by atoms with Gasteiger partial charge in [0.2, 0.25) is 5.75 Å². The fourth-order valence-corrected chi connectivity index (χ4v) is 3.32. The number of aromatic nitrogens is 2. The molecule has 1 aliphatic heterocycles. The van der Waals surface area contributed by atoms with Gasteiger partial charge >= 0.3 is 6.01 Å². The minimum atomic E-state index is -0.166. The first-order valence-corrected chi connectivity index (χ1v) is 9.58. The highest BCUT2D eigenvalue weighted by molar-refractivity contribution is 9.10. The van der Waals surface area contributed by atoms with Gasteiger partial charge in [-0.25, -0.2) is 9.97 Å². The van der Waals surface area contributed by atoms with E-state index in [2.05, 4.69) is 25.9 Å². The number of amides is 1. The van der Waals surface area contributed by atoms with Gasteiger partial charge in [0.25, 0.3) is 5.91 Å². The van der Waals surface area contributed by atoms with Crippen LogP contribution in [0.4, 0.5) is 0 Å². The van der Waals surface area contributed by atoms with E-state index in [4.69, 9.17) is 18.9 Å². The van der Waals surface area contributed by atoms with Crippen molar-refractivity contribution in [2.45, 2.75) is 18.9 Å². The number of rotatable bonds is 6. The van der Waals surface area contributed by atoms with Crippen LogP contribution in [-0.2, 0) is 0 Å². The second-order valence-electron chi connectivity index (χ2n) is 6.23. The fraction of sp³-hybridized carbons (Fsp3) is 0.421. The zero-order chi connectivity index (χ0) is 20.1. The Bertz CT molecular complexity index is 806. The molecule has 8 nitrogen and oxygen atoms in total. The Morgan fingerprint density at radius 1 is 1.11 bits per heavy atom. The number of piperidine rings is 1. The van der Waals surface area contributed by atoms with E-state index in [9.17, 15) is 4.79 Å². The van der Waals surface area contributed by atoms with E-state index in [1.807, 2.05) is 0 Å². The maximum atomic E-state index is 13.1. The van der Waals surface area contributed by atoms with Crippen molar-refractivity contribution in [3.63, 3.8) is 0 Å². The summed E-state index contributed by atoms with van der Waals surface area (Å²) in [4.78, 5) is 23.1. The Labute approximate surface area is 171 Å². The van der Waals surface area contributed by atoms with Crippen molar-refractivity contribution in [1.29, 1.82) is 0 Å². The third-order valence-electron chi connectivity index (χ3n) is 4.45. The number of hydrogen-bond acceptors (Lipinski definition) is 7. The van der Waals surface area contributed by atoms with Crippen LogP contribution >= 0.6 is 15.9 Å². The molecule has 2 heterocycles. The lowest BCUT2D eigenvalue weighted by atomic mass is 10.1. The molecular formula is C19H22BrN3O5. The van der Waals surface area contributed by atoms with Crippen molar-refractivity contribution in [3.05, 3.63) is 34.6 Å². The summed E-state index contributed by atoms with van der Waals surface area (Å²) >= 11 is 3.30. The Hall–Kier alpha value is -2.55. The number of methoxy groups -OCH3 is 3. The molecule has 0 spiro atoms. The number of carbonyl (C=O) groups is 1. The summed E-state index contributed by atoms with van der Waals surface area (Å²) in [7, 11) is 4.57. The molecule has 1 aliphatic rings. The summed E-state index contributed by atoms with van der Waals surface area (Å²) in [6.45, 7) is 1.10. The topological polar surface area (TPSA) is 83.0 Å². The van der Waals surface area contributed by atoms with E-state index in [0.29, 0.717) is 41.9 Å². The van der Waals surface area contributed by atoms with Crippen molar-refractivity contribution in [3.8, 4) is 23.3 Å². The summed E-state index contributed by atoms with van der Waals surface area (Å²) in [6, 6.07) is 3.62. The van der Waals surface area contributed by atoms with Crippen LogP contribution < -0.4 is 18.9 Å². The van der Waals surface area contributed by atoms with Crippen molar-refractivity contribution >= 4 is 21.8 Å². The molecule has 1 aromatic carbocycles. The number of hydrogen-bond donors (Lipinski definition) is 0.